The van der Waals surface area contributed by atoms with E-state index in [1.807, 2.05) is 32.0 Å². The zero-order chi connectivity index (χ0) is 16.9. The van der Waals surface area contributed by atoms with E-state index in [4.69, 9.17) is 4.52 Å². The molecule has 0 saturated heterocycles. The summed E-state index contributed by atoms with van der Waals surface area (Å²) in [7, 11) is 0. The summed E-state index contributed by atoms with van der Waals surface area (Å²) in [5, 5.41) is 10.9. The number of carbonyl (C=O) groups is 1. The van der Waals surface area contributed by atoms with Gasteiger partial charge in [-0.05, 0) is 24.5 Å². The summed E-state index contributed by atoms with van der Waals surface area (Å²) < 4.78 is 6.50. The monoisotopic (exact) mass is 325 g/mol. The number of nitrogens with zero attached hydrogens (tertiary/aromatic N) is 4. The van der Waals surface area contributed by atoms with Crippen LogP contribution in [-0.4, -0.2) is 32.4 Å². The van der Waals surface area contributed by atoms with Crippen molar-refractivity contribution in [3.05, 3.63) is 59.9 Å². The summed E-state index contributed by atoms with van der Waals surface area (Å²) >= 11 is 0. The Morgan fingerprint density at radius 1 is 1.33 bits per heavy atom. The third-order valence-electron chi connectivity index (χ3n) is 3.65. The Hall–Kier alpha value is -2.96. The van der Waals surface area contributed by atoms with Crippen LogP contribution in [0.25, 0.3) is 5.82 Å². The number of rotatable bonds is 6. The van der Waals surface area contributed by atoms with E-state index in [9.17, 15) is 4.79 Å². The number of hydrogen-bond donors (Lipinski definition) is 1. The summed E-state index contributed by atoms with van der Waals surface area (Å²) in [6, 6.07) is 5.61. The number of nitrogens with one attached hydrogen (secondary N) is 1. The summed E-state index contributed by atoms with van der Waals surface area (Å²) in [6.07, 6.45) is 7.19. The summed E-state index contributed by atoms with van der Waals surface area (Å²) in [4.78, 5) is 16.8. The molecule has 3 rings (SSSR count). The van der Waals surface area contributed by atoms with Gasteiger partial charge in [-0.1, -0.05) is 25.1 Å². The van der Waals surface area contributed by atoms with Crippen molar-refractivity contribution in [1.82, 2.24) is 25.2 Å². The van der Waals surface area contributed by atoms with E-state index in [1.165, 1.54) is 0 Å². The predicted molar refractivity (Wildman–Crippen MR) is 88.0 cm³/mol. The number of aromatic nitrogens is 4. The van der Waals surface area contributed by atoms with E-state index in [2.05, 4.69) is 20.6 Å². The highest BCUT2D eigenvalue weighted by Crippen LogP contribution is 2.22. The average Bonchev–Trinajstić information content (AvgIpc) is 3.25. The topological polar surface area (TPSA) is 85.8 Å². The van der Waals surface area contributed by atoms with Crippen molar-refractivity contribution < 1.29 is 9.32 Å². The van der Waals surface area contributed by atoms with Crippen LogP contribution in [0.1, 0.15) is 41.4 Å². The van der Waals surface area contributed by atoms with E-state index < -0.39 is 0 Å². The largest absolute Gasteiger partial charge is 0.364 e. The van der Waals surface area contributed by atoms with Crippen molar-refractivity contribution in [3.63, 3.8) is 0 Å². The van der Waals surface area contributed by atoms with Crippen LogP contribution in [0.4, 0.5) is 0 Å². The van der Waals surface area contributed by atoms with Crippen molar-refractivity contribution in [2.75, 3.05) is 6.54 Å². The summed E-state index contributed by atoms with van der Waals surface area (Å²) in [5.74, 6) is 0.690. The molecule has 3 heterocycles. The highest BCUT2D eigenvalue weighted by Gasteiger charge is 2.21. The second-order valence-electron chi connectivity index (χ2n) is 5.74. The van der Waals surface area contributed by atoms with Crippen LogP contribution >= 0.6 is 0 Å². The average molecular weight is 325 g/mol. The zero-order valence-corrected chi connectivity index (χ0v) is 13.6. The van der Waals surface area contributed by atoms with Crippen molar-refractivity contribution in [1.29, 1.82) is 0 Å². The second-order valence-corrected chi connectivity index (χ2v) is 5.74. The molecule has 0 fully saturated rings. The van der Waals surface area contributed by atoms with Crippen molar-refractivity contribution in [2.24, 2.45) is 0 Å². The summed E-state index contributed by atoms with van der Waals surface area (Å²) in [6.45, 7) is 4.57. The third kappa shape index (κ3) is 3.34. The molecule has 1 amide bonds. The minimum Gasteiger partial charge on any atom is -0.364 e. The number of carbonyl (C=O) groups excluding carboxylic acids is 1. The molecule has 0 aliphatic rings. The van der Waals surface area contributed by atoms with Gasteiger partial charge in [-0.3, -0.25) is 4.79 Å². The molecule has 0 aliphatic carbocycles. The lowest BCUT2D eigenvalue weighted by Crippen LogP contribution is -2.26. The molecule has 124 valence electrons. The lowest BCUT2D eigenvalue weighted by atomic mass is 10.1. The van der Waals surface area contributed by atoms with E-state index in [0.717, 1.165) is 11.3 Å². The highest BCUT2D eigenvalue weighted by molar-refractivity contribution is 5.95. The van der Waals surface area contributed by atoms with Crippen LogP contribution in [-0.2, 0) is 6.42 Å². The maximum atomic E-state index is 12.5. The first-order valence-corrected chi connectivity index (χ1v) is 7.82. The molecule has 7 nitrogen and oxygen atoms in total. The Morgan fingerprint density at radius 3 is 2.88 bits per heavy atom. The van der Waals surface area contributed by atoms with Gasteiger partial charge in [-0.2, -0.15) is 5.10 Å². The lowest BCUT2D eigenvalue weighted by molar-refractivity contribution is 0.0952. The Morgan fingerprint density at radius 2 is 2.21 bits per heavy atom. The van der Waals surface area contributed by atoms with Crippen LogP contribution in [0.2, 0.25) is 0 Å². The van der Waals surface area contributed by atoms with Gasteiger partial charge in [0, 0.05) is 18.3 Å². The van der Waals surface area contributed by atoms with Gasteiger partial charge in [0.15, 0.2) is 5.82 Å². The zero-order valence-electron chi connectivity index (χ0n) is 13.6. The summed E-state index contributed by atoms with van der Waals surface area (Å²) in [5.41, 5.74) is 2.36. The molecular formula is C17H19N5O2. The Bertz CT molecular complexity index is 794. The SMILES string of the molecule is CC(C)c1c(C(=O)NCCc2cnoc2)cnn1-c1ccccn1. The van der Waals surface area contributed by atoms with Crippen LogP contribution in [0.15, 0.2) is 47.6 Å². The van der Waals surface area contributed by atoms with Gasteiger partial charge >= 0.3 is 0 Å². The maximum Gasteiger partial charge on any atom is 0.254 e. The quantitative estimate of drug-likeness (QED) is 0.752. The molecule has 24 heavy (non-hydrogen) atoms. The first kappa shape index (κ1) is 15.9. The Balaban J connectivity index is 1.77. The van der Waals surface area contributed by atoms with E-state index in [-0.39, 0.29) is 11.8 Å². The van der Waals surface area contributed by atoms with Gasteiger partial charge in [-0.15, -0.1) is 0 Å². The molecule has 0 atom stereocenters. The van der Waals surface area contributed by atoms with Crippen LogP contribution in [0.3, 0.4) is 0 Å². The fourth-order valence-corrected chi connectivity index (χ4v) is 2.52. The molecule has 7 heteroatoms. The molecular weight excluding hydrogens is 306 g/mol. The molecule has 0 spiro atoms. The van der Waals surface area contributed by atoms with Gasteiger partial charge in [0.1, 0.15) is 6.26 Å². The van der Waals surface area contributed by atoms with E-state index >= 15 is 0 Å². The standard InChI is InChI=1S/C17H19N5O2/c1-12(2)16-14(10-20-22(16)15-5-3-4-7-18-15)17(23)19-8-6-13-9-21-24-11-13/h3-5,7,9-12H,6,8H2,1-2H3,(H,19,23). The molecule has 0 aromatic carbocycles. The normalized spacial score (nSPS) is 11.0. The van der Waals surface area contributed by atoms with E-state index in [1.54, 1.807) is 29.5 Å². The van der Waals surface area contributed by atoms with Crippen molar-refractivity contribution in [3.8, 4) is 5.82 Å². The smallest absolute Gasteiger partial charge is 0.254 e. The van der Waals surface area contributed by atoms with Gasteiger partial charge < -0.3 is 9.84 Å². The minimum atomic E-state index is -0.141. The lowest BCUT2D eigenvalue weighted by Gasteiger charge is -2.12. The highest BCUT2D eigenvalue weighted by atomic mass is 16.5. The molecule has 0 saturated carbocycles. The number of hydrogen-bond acceptors (Lipinski definition) is 5. The van der Waals surface area contributed by atoms with Crippen molar-refractivity contribution >= 4 is 5.91 Å². The molecule has 0 radical (unpaired) electrons. The fourth-order valence-electron chi connectivity index (χ4n) is 2.52. The third-order valence-corrected chi connectivity index (χ3v) is 3.65. The number of pyridine rings is 1. The Labute approximate surface area is 139 Å². The predicted octanol–water partition coefficient (Wildman–Crippen LogP) is 2.35. The fraction of sp³-hybridized carbons (Fsp3) is 0.294. The molecule has 1 N–H and O–H groups in total. The van der Waals surface area contributed by atoms with Crippen LogP contribution in [0.5, 0.6) is 0 Å². The second kappa shape index (κ2) is 7.08. The molecule has 0 unspecified atom stereocenters. The van der Waals surface area contributed by atoms with Crippen molar-refractivity contribution in [2.45, 2.75) is 26.2 Å². The molecule has 3 aromatic heterocycles. The van der Waals surface area contributed by atoms with Gasteiger partial charge in [-0.25, -0.2) is 9.67 Å². The minimum absolute atomic E-state index is 0.133. The van der Waals surface area contributed by atoms with Crippen LogP contribution in [0, 0.1) is 0 Å². The molecule has 0 aliphatic heterocycles. The Kier molecular flexibility index (Phi) is 4.69. The molecule has 0 bridgehead atoms. The number of amides is 1. The van der Waals surface area contributed by atoms with Gasteiger partial charge in [0.05, 0.1) is 23.7 Å². The first-order valence-electron chi connectivity index (χ1n) is 7.82. The van der Waals surface area contributed by atoms with Gasteiger partial charge in [0.25, 0.3) is 5.91 Å². The van der Waals surface area contributed by atoms with E-state index in [0.29, 0.717) is 24.3 Å². The van der Waals surface area contributed by atoms with Crippen LogP contribution < -0.4 is 5.32 Å². The molecule has 3 aromatic rings. The maximum absolute atomic E-state index is 12.5. The first-order chi connectivity index (χ1) is 11.7. The van der Waals surface area contributed by atoms with Gasteiger partial charge in [0.2, 0.25) is 0 Å².